The summed E-state index contributed by atoms with van der Waals surface area (Å²) in [6, 6.07) is 2.02. The predicted octanol–water partition coefficient (Wildman–Crippen LogP) is 15.4. The molecule has 396 valence electrons. The maximum Gasteiger partial charge on any atom is 0.334 e. The van der Waals surface area contributed by atoms with Crippen molar-refractivity contribution < 1.29 is 27.9 Å². The van der Waals surface area contributed by atoms with E-state index >= 15 is 0 Å². The molecule has 0 radical (unpaired) electrons. The molecule has 0 aliphatic rings. The molecule has 0 saturated carbocycles. The van der Waals surface area contributed by atoms with Crippen molar-refractivity contribution in [1.29, 1.82) is 0 Å². The normalized spacial score (nSPS) is 12.9. The number of unbranched alkanes of at least 4 members (excludes halogenated alkanes) is 18. The number of hydrogen-bond acceptors (Lipinski definition) is 8. The fraction of sp³-hybridized carbons (Fsp3) is 0.860. The summed E-state index contributed by atoms with van der Waals surface area (Å²) in [5.74, 6) is 0. The molecule has 0 aromatic carbocycles. The third-order valence-corrected chi connectivity index (χ3v) is 18.5. The SMILES string of the molecule is CCCCC/C=C\CCCO[Si](C)(CCCCN(CCO)CCCN(CCO)CCCC[Si](C)(OCCC/C=C\CCCCC)OCCC/C=C\CCCCC)OCCC/C=C\CCCCC. The lowest BCUT2D eigenvalue weighted by Gasteiger charge is -2.29. The van der Waals surface area contributed by atoms with E-state index in [-0.39, 0.29) is 13.2 Å². The van der Waals surface area contributed by atoms with Gasteiger partial charge >= 0.3 is 17.1 Å². The second-order valence-electron chi connectivity index (χ2n) is 19.5. The summed E-state index contributed by atoms with van der Waals surface area (Å²) in [5, 5.41) is 19.9. The van der Waals surface area contributed by atoms with Crippen molar-refractivity contribution in [3.05, 3.63) is 48.6 Å². The third-order valence-electron chi connectivity index (χ3n) is 12.7. The quantitative estimate of drug-likeness (QED) is 0.0354. The Bertz CT molecular complexity index is 984. The lowest BCUT2D eigenvalue weighted by atomic mass is 10.2. The number of aliphatic hydroxyl groups excluding tert-OH is 2. The van der Waals surface area contributed by atoms with Crippen LogP contribution in [-0.4, -0.2) is 116 Å². The Morgan fingerprint density at radius 3 is 0.821 bits per heavy atom. The van der Waals surface area contributed by atoms with Gasteiger partial charge in [-0.25, -0.2) is 0 Å². The van der Waals surface area contributed by atoms with Gasteiger partial charge in [0.15, 0.2) is 0 Å². The highest BCUT2D eigenvalue weighted by Crippen LogP contribution is 2.21. The van der Waals surface area contributed by atoms with Gasteiger partial charge in [-0.05, 0) is 173 Å². The topological polar surface area (TPSA) is 83.9 Å². The minimum Gasteiger partial charge on any atom is -0.395 e. The smallest absolute Gasteiger partial charge is 0.334 e. The van der Waals surface area contributed by atoms with Crippen molar-refractivity contribution in [2.75, 3.05) is 78.9 Å². The van der Waals surface area contributed by atoms with Crippen molar-refractivity contribution in [3.8, 4) is 0 Å². The van der Waals surface area contributed by atoms with Gasteiger partial charge in [-0.1, -0.05) is 141 Å². The Kier molecular flexibility index (Phi) is 50.7. The van der Waals surface area contributed by atoms with Gasteiger partial charge in [-0.3, -0.25) is 0 Å². The van der Waals surface area contributed by atoms with Gasteiger partial charge in [0.25, 0.3) is 0 Å². The molecule has 10 heteroatoms. The lowest BCUT2D eigenvalue weighted by Crippen LogP contribution is -2.40. The minimum absolute atomic E-state index is 0.178. The maximum atomic E-state index is 9.95. The van der Waals surface area contributed by atoms with Crippen molar-refractivity contribution >= 4 is 17.1 Å². The molecule has 0 aliphatic carbocycles. The van der Waals surface area contributed by atoms with Crippen molar-refractivity contribution in [2.24, 2.45) is 0 Å². The van der Waals surface area contributed by atoms with Crippen LogP contribution in [0.1, 0.15) is 214 Å². The van der Waals surface area contributed by atoms with E-state index < -0.39 is 17.1 Å². The standard InChI is InChI=1S/C57H114N2O6Si2/c1-7-11-15-19-23-27-31-37-52-62-66(5,63-53-38-32-28-24-20-16-12-8-2)56-41-35-44-58(48-50-60)46-43-47-59(49-51-61)45-36-42-57-67(6,64-54-39-33-29-25-21-17-13-9-3)65-55-40-34-30-26-22-18-14-10-4/h23-30,60-61H,7-22,31-57H2,1-6H3/b27-23-,28-24-,29-25-,30-26-. The van der Waals surface area contributed by atoms with Crippen LogP contribution in [0.15, 0.2) is 48.6 Å². The number of nitrogens with zero attached hydrogens (tertiary/aromatic N) is 2. The Morgan fingerprint density at radius 2 is 0.567 bits per heavy atom. The van der Waals surface area contributed by atoms with Crippen LogP contribution in [0.3, 0.4) is 0 Å². The van der Waals surface area contributed by atoms with Crippen LogP contribution in [0.5, 0.6) is 0 Å². The Labute approximate surface area is 419 Å². The highest BCUT2D eigenvalue weighted by molar-refractivity contribution is 6.66. The highest BCUT2D eigenvalue weighted by Gasteiger charge is 2.32. The molecule has 0 spiro atoms. The highest BCUT2D eigenvalue weighted by atomic mass is 28.4. The first-order valence-corrected chi connectivity index (χ1v) is 33.7. The number of allylic oxidation sites excluding steroid dienone is 8. The van der Waals surface area contributed by atoms with E-state index in [0.29, 0.717) is 13.1 Å². The fourth-order valence-electron chi connectivity index (χ4n) is 8.36. The first-order valence-electron chi connectivity index (χ1n) is 28.6. The molecule has 0 amide bonds. The first-order chi connectivity index (χ1) is 32.8. The molecular weight excluding hydrogens is 865 g/mol. The molecule has 0 unspecified atom stereocenters. The van der Waals surface area contributed by atoms with Gasteiger partial charge in [0.05, 0.1) is 13.2 Å². The summed E-state index contributed by atoms with van der Waals surface area (Å²) in [6.07, 6.45) is 52.8. The summed E-state index contributed by atoms with van der Waals surface area (Å²) in [4.78, 5) is 4.85. The van der Waals surface area contributed by atoms with E-state index in [2.05, 4.69) is 99.2 Å². The fourth-order valence-corrected chi connectivity index (χ4v) is 13.2. The lowest BCUT2D eigenvalue weighted by molar-refractivity contribution is 0.160. The van der Waals surface area contributed by atoms with Crippen molar-refractivity contribution in [1.82, 2.24) is 9.80 Å². The van der Waals surface area contributed by atoms with Gasteiger partial charge < -0.3 is 37.7 Å². The average molecular weight is 980 g/mol. The van der Waals surface area contributed by atoms with Gasteiger partial charge in [0.1, 0.15) is 0 Å². The van der Waals surface area contributed by atoms with E-state index in [9.17, 15) is 10.2 Å². The van der Waals surface area contributed by atoms with Crippen LogP contribution >= 0.6 is 0 Å². The molecule has 0 bridgehead atoms. The van der Waals surface area contributed by atoms with E-state index in [4.69, 9.17) is 17.7 Å². The number of aliphatic hydroxyl groups is 2. The molecule has 67 heavy (non-hydrogen) atoms. The molecule has 0 fully saturated rings. The van der Waals surface area contributed by atoms with Crippen LogP contribution in [-0.2, 0) is 17.7 Å². The van der Waals surface area contributed by atoms with E-state index in [1.165, 1.54) is 103 Å². The molecule has 2 N–H and O–H groups in total. The first kappa shape index (κ1) is 66.1. The summed E-state index contributed by atoms with van der Waals surface area (Å²) in [5.41, 5.74) is 0. The second kappa shape index (κ2) is 51.4. The average Bonchev–Trinajstić information content (AvgIpc) is 3.32. The van der Waals surface area contributed by atoms with Gasteiger partial charge in [-0.15, -0.1) is 0 Å². The van der Waals surface area contributed by atoms with Crippen molar-refractivity contribution in [2.45, 2.75) is 239 Å². The molecule has 0 aromatic heterocycles. The molecular formula is C57H114N2O6Si2. The minimum atomic E-state index is -2.29. The molecule has 0 saturated heterocycles. The zero-order chi connectivity index (χ0) is 49.0. The Balaban J connectivity index is 5.03. The van der Waals surface area contributed by atoms with Gasteiger partial charge in [-0.2, -0.15) is 0 Å². The molecule has 0 aliphatic heterocycles. The van der Waals surface area contributed by atoms with Gasteiger partial charge in [0, 0.05) is 39.5 Å². The summed E-state index contributed by atoms with van der Waals surface area (Å²) in [6.45, 7) is 22.3. The van der Waals surface area contributed by atoms with E-state index in [0.717, 1.165) is 148 Å². The third kappa shape index (κ3) is 45.9. The molecule has 0 heterocycles. The zero-order valence-electron chi connectivity index (χ0n) is 45.4. The Morgan fingerprint density at radius 1 is 0.313 bits per heavy atom. The summed E-state index contributed by atoms with van der Waals surface area (Å²) in [7, 11) is -4.58. The zero-order valence-corrected chi connectivity index (χ0v) is 47.4. The predicted molar refractivity (Wildman–Crippen MR) is 297 cm³/mol. The summed E-state index contributed by atoms with van der Waals surface area (Å²) >= 11 is 0. The van der Waals surface area contributed by atoms with E-state index in [1.54, 1.807) is 0 Å². The van der Waals surface area contributed by atoms with Gasteiger partial charge in [0.2, 0.25) is 0 Å². The van der Waals surface area contributed by atoms with E-state index in [1.807, 2.05) is 0 Å². The van der Waals surface area contributed by atoms with Crippen LogP contribution in [0.25, 0.3) is 0 Å². The molecule has 0 aromatic rings. The molecule has 8 nitrogen and oxygen atoms in total. The van der Waals surface area contributed by atoms with Crippen LogP contribution < -0.4 is 0 Å². The van der Waals surface area contributed by atoms with Crippen LogP contribution in [0.2, 0.25) is 25.2 Å². The van der Waals surface area contributed by atoms with Crippen LogP contribution in [0, 0.1) is 0 Å². The van der Waals surface area contributed by atoms with Crippen molar-refractivity contribution in [3.63, 3.8) is 0 Å². The van der Waals surface area contributed by atoms with Crippen LogP contribution in [0.4, 0.5) is 0 Å². The second-order valence-corrected chi connectivity index (χ2v) is 26.2. The summed E-state index contributed by atoms with van der Waals surface area (Å²) < 4.78 is 26.5. The molecule has 0 rings (SSSR count). The maximum absolute atomic E-state index is 9.95. The largest absolute Gasteiger partial charge is 0.395 e. The monoisotopic (exact) mass is 979 g/mol. The number of hydrogen-bond donors (Lipinski definition) is 2. The Hall–Kier alpha value is -0.926. The molecule has 0 atom stereocenters. The number of rotatable bonds is 54.